The van der Waals surface area contributed by atoms with Crippen molar-refractivity contribution in [2.24, 2.45) is 0 Å². The Morgan fingerprint density at radius 3 is 1.50 bits per heavy atom. The van der Waals surface area contributed by atoms with E-state index in [4.69, 9.17) is 19.9 Å². The first-order valence-corrected chi connectivity index (χ1v) is 24.2. The molecule has 8 heteroatoms. The molecule has 0 fully saturated rings. The molecule has 0 bridgehead atoms. The lowest BCUT2D eigenvalue weighted by atomic mass is 10.0. The maximum atomic E-state index is 5.50. The number of benzene rings is 9. The van der Waals surface area contributed by atoms with Crippen LogP contribution in [0.2, 0.25) is 0 Å². The second-order valence-electron chi connectivity index (χ2n) is 16.7. The molecule has 0 amide bonds. The van der Waals surface area contributed by atoms with Gasteiger partial charge in [-0.2, -0.15) is 15.0 Å². The number of hydrogen-bond acceptors (Lipinski definition) is 4. The first-order valence-electron chi connectivity index (χ1n) is 22.2. The quantitative estimate of drug-likeness (QED) is 0.113. The summed E-state index contributed by atoms with van der Waals surface area (Å²) in [5.41, 5.74) is 9.10. The number of hydrogen-bond donors (Lipinski definition) is 0. The van der Waals surface area contributed by atoms with Crippen LogP contribution in [0.4, 0.5) is 0 Å². The van der Waals surface area contributed by atoms with Crippen LogP contribution in [0.25, 0.3) is 84.1 Å². The number of nitrogens with zero attached hydrogens (tertiary/aromatic N) is 7. The third-order valence-electron chi connectivity index (χ3n) is 13.1. The Labute approximate surface area is 381 Å². The smallest absolute Gasteiger partial charge is 0.242 e. The van der Waals surface area contributed by atoms with Gasteiger partial charge in [0, 0.05) is 16.3 Å². The maximum Gasteiger partial charge on any atom is 0.242 e. The van der Waals surface area contributed by atoms with Gasteiger partial charge in [0.15, 0.2) is 13.9 Å². The average molecular weight is 862 g/mol. The molecule has 0 saturated carbocycles. The molecule has 0 aliphatic carbocycles. The molecule has 0 aliphatic rings. The van der Waals surface area contributed by atoms with Gasteiger partial charge in [-0.15, -0.1) is 0 Å². The highest BCUT2D eigenvalue weighted by atomic mass is 28.3. The fourth-order valence-corrected chi connectivity index (χ4v) is 15.0. The Balaban J connectivity index is 1.11. The van der Waals surface area contributed by atoms with Gasteiger partial charge < -0.3 is 0 Å². The Hall–Kier alpha value is -8.72. The largest absolute Gasteiger partial charge is 0.278 e. The highest BCUT2D eigenvalue weighted by Gasteiger charge is 2.41. The Kier molecular flexibility index (Phi) is 8.72. The lowest BCUT2D eigenvalue weighted by Crippen LogP contribution is -2.74. The van der Waals surface area contributed by atoms with Crippen LogP contribution < -0.4 is 20.7 Å². The summed E-state index contributed by atoms with van der Waals surface area (Å²) < 4.78 is 6.49. The van der Waals surface area contributed by atoms with Crippen molar-refractivity contribution in [2.75, 3.05) is 0 Å². The van der Waals surface area contributed by atoms with E-state index in [1.165, 1.54) is 20.7 Å². The molecule has 9 aromatic carbocycles. The molecule has 310 valence electrons. The van der Waals surface area contributed by atoms with Gasteiger partial charge in [-0.3, -0.25) is 8.97 Å². The third-order valence-corrected chi connectivity index (χ3v) is 17.8. The van der Waals surface area contributed by atoms with Crippen LogP contribution >= 0.6 is 0 Å². The number of imidazole rings is 2. The summed E-state index contributed by atoms with van der Waals surface area (Å²) in [6.07, 6.45) is 0. The molecule has 0 saturated heterocycles. The normalized spacial score (nSPS) is 11.9. The number of rotatable bonds is 8. The Morgan fingerprint density at radius 2 is 0.818 bits per heavy atom. The number of fused-ring (bicyclic) bond motifs is 8. The molecular weight excluding hydrogens is 823 g/mol. The van der Waals surface area contributed by atoms with Crippen LogP contribution in [0.1, 0.15) is 0 Å². The van der Waals surface area contributed by atoms with E-state index in [1.807, 2.05) is 6.07 Å². The van der Waals surface area contributed by atoms with Gasteiger partial charge in [-0.25, -0.2) is 9.55 Å². The average Bonchev–Trinajstić information content (AvgIpc) is 4.05. The van der Waals surface area contributed by atoms with E-state index in [2.05, 4.69) is 244 Å². The molecule has 0 N–H and O–H groups in total. The summed E-state index contributed by atoms with van der Waals surface area (Å²) in [4.78, 5) is 21.7. The highest BCUT2D eigenvalue weighted by Crippen LogP contribution is 2.36. The Bertz CT molecular complexity index is 3840. The topological polar surface area (TPSA) is 65.8 Å². The molecular formula is C58H39N7Si. The zero-order valence-corrected chi connectivity index (χ0v) is 36.6. The first kappa shape index (κ1) is 37.8. The van der Waals surface area contributed by atoms with E-state index in [0.29, 0.717) is 17.7 Å². The van der Waals surface area contributed by atoms with Crippen LogP contribution in [0.15, 0.2) is 237 Å². The van der Waals surface area contributed by atoms with Crippen molar-refractivity contribution >= 4 is 78.5 Å². The maximum absolute atomic E-state index is 5.50. The summed E-state index contributed by atoms with van der Waals surface area (Å²) in [5.74, 6) is 2.29. The van der Waals surface area contributed by atoms with Crippen molar-refractivity contribution in [1.82, 2.24) is 33.5 Å². The second-order valence-corrected chi connectivity index (χ2v) is 20.5. The van der Waals surface area contributed by atoms with Gasteiger partial charge in [0.05, 0.1) is 33.1 Å². The summed E-state index contributed by atoms with van der Waals surface area (Å²) in [7, 11) is -2.89. The summed E-state index contributed by atoms with van der Waals surface area (Å²) in [6.45, 7) is 0. The van der Waals surface area contributed by atoms with Crippen LogP contribution in [0, 0.1) is 0 Å². The molecule has 13 rings (SSSR count). The Morgan fingerprint density at radius 1 is 0.303 bits per heavy atom. The van der Waals surface area contributed by atoms with Crippen molar-refractivity contribution in [3.8, 4) is 34.4 Å². The summed E-state index contributed by atoms with van der Waals surface area (Å²) in [5, 5.41) is 7.35. The van der Waals surface area contributed by atoms with E-state index < -0.39 is 8.07 Å². The van der Waals surface area contributed by atoms with Crippen LogP contribution in [-0.2, 0) is 0 Å². The monoisotopic (exact) mass is 861 g/mol. The van der Waals surface area contributed by atoms with Crippen LogP contribution in [-0.4, -0.2) is 41.5 Å². The van der Waals surface area contributed by atoms with Crippen LogP contribution in [0.3, 0.4) is 0 Å². The van der Waals surface area contributed by atoms with Crippen molar-refractivity contribution in [2.45, 2.75) is 0 Å². The van der Waals surface area contributed by atoms with Crippen molar-refractivity contribution in [3.63, 3.8) is 0 Å². The molecule has 0 atom stereocenters. The number of para-hydroxylation sites is 5. The fraction of sp³-hybridized carbons (Fsp3) is 0. The van der Waals surface area contributed by atoms with Gasteiger partial charge in [0.2, 0.25) is 17.7 Å². The van der Waals surface area contributed by atoms with Gasteiger partial charge in [0.25, 0.3) is 0 Å². The van der Waals surface area contributed by atoms with Gasteiger partial charge in [-0.05, 0) is 74.3 Å². The predicted molar refractivity (Wildman–Crippen MR) is 272 cm³/mol. The molecule has 0 spiro atoms. The minimum absolute atomic E-state index is 0.478. The standard InChI is InChI=1S/C58H39N7Si/c1-5-20-40(21-6-1)41-36-37-51-48(39-41)47-30-13-15-32-50(47)63(51)56-60-55(61-57(62-56)65-54-35-18-17-34-53(54)64-52-33-16-14-31-49(52)59-58(64)65)42-22-19-29-46(38-42)66(43-23-7-2-8-24-43,44-25-9-3-10-26-44)45-27-11-4-12-28-45/h1-39H. The molecule has 66 heavy (non-hydrogen) atoms. The van der Waals surface area contributed by atoms with Gasteiger partial charge >= 0.3 is 0 Å². The minimum Gasteiger partial charge on any atom is -0.278 e. The van der Waals surface area contributed by atoms with Gasteiger partial charge in [0.1, 0.15) is 0 Å². The predicted octanol–water partition coefficient (Wildman–Crippen LogP) is 10.4. The molecule has 13 aromatic rings. The molecule has 0 aliphatic heterocycles. The van der Waals surface area contributed by atoms with E-state index in [-0.39, 0.29) is 0 Å². The van der Waals surface area contributed by atoms with E-state index >= 15 is 0 Å². The zero-order chi connectivity index (χ0) is 43.6. The summed E-state index contributed by atoms with van der Waals surface area (Å²) >= 11 is 0. The van der Waals surface area contributed by atoms with Crippen molar-refractivity contribution < 1.29 is 0 Å². The lowest BCUT2D eigenvalue weighted by molar-refractivity contribution is 0.885. The van der Waals surface area contributed by atoms with E-state index in [0.717, 1.165) is 66.3 Å². The molecule has 0 radical (unpaired) electrons. The SMILES string of the molecule is c1ccc(-c2ccc3c(c2)c2ccccc2n3-c2nc(-c3cccc([Si](c4ccccc4)(c4ccccc4)c4ccccc4)c3)nc(-n3c4ccccc4n4c5ccccc5nc34)n2)cc1. The van der Waals surface area contributed by atoms with Gasteiger partial charge in [-0.1, -0.05) is 194 Å². The van der Waals surface area contributed by atoms with Crippen molar-refractivity contribution in [3.05, 3.63) is 237 Å². The fourth-order valence-electron chi connectivity index (χ4n) is 10.2. The lowest BCUT2D eigenvalue weighted by Gasteiger charge is -2.34. The summed E-state index contributed by atoms with van der Waals surface area (Å²) in [6, 6.07) is 84.4. The molecule has 4 heterocycles. The minimum atomic E-state index is -2.89. The van der Waals surface area contributed by atoms with E-state index in [9.17, 15) is 0 Å². The first-order chi connectivity index (χ1) is 32.7. The number of aromatic nitrogens is 7. The van der Waals surface area contributed by atoms with Crippen LogP contribution in [0.5, 0.6) is 0 Å². The molecule has 4 aromatic heterocycles. The van der Waals surface area contributed by atoms with Crippen molar-refractivity contribution in [1.29, 1.82) is 0 Å². The van der Waals surface area contributed by atoms with E-state index in [1.54, 1.807) is 0 Å². The highest BCUT2D eigenvalue weighted by molar-refractivity contribution is 7.19. The third kappa shape index (κ3) is 5.82. The second kappa shape index (κ2) is 15.2. The molecule has 0 unspecified atom stereocenters. The zero-order valence-electron chi connectivity index (χ0n) is 35.6. The molecule has 7 nitrogen and oxygen atoms in total.